The van der Waals surface area contributed by atoms with Crippen molar-refractivity contribution in [1.82, 2.24) is 0 Å². The van der Waals surface area contributed by atoms with E-state index in [-0.39, 0.29) is 11.7 Å². The molecule has 1 aromatic carbocycles. The second-order valence-corrected chi connectivity index (χ2v) is 5.23. The number of rotatable bonds is 5. The van der Waals surface area contributed by atoms with Crippen molar-refractivity contribution >= 4 is 33.4 Å². The van der Waals surface area contributed by atoms with Gasteiger partial charge in [0.1, 0.15) is 0 Å². The van der Waals surface area contributed by atoms with Gasteiger partial charge in [0.15, 0.2) is 5.84 Å². The summed E-state index contributed by atoms with van der Waals surface area (Å²) < 4.78 is 0.879. The van der Waals surface area contributed by atoms with Crippen molar-refractivity contribution in [2.75, 3.05) is 5.32 Å². The highest BCUT2D eigenvalue weighted by Crippen LogP contribution is 2.21. The Kier molecular flexibility index (Phi) is 5.82. The smallest absolute Gasteiger partial charge is 0.235 e. The molecular formula is C13H18BrN3O2. The summed E-state index contributed by atoms with van der Waals surface area (Å²) in [6, 6.07) is 5.62. The number of carbonyl (C=O) groups excluding carboxylic acids is 1. The van der Waals surface area contributed by atoms with Gasteiger partial charge in [-0.3, -0.25) is 4.79 Å². The normalized spacial score (nSPS) is 13.1. The summed E-state index contributed by atoms with van der Waals surface area (Å²) >= 11 is 3.36. The van der Waals surface area contributed by atoms with Crippen molar-refractivity contribution < 1.29 is 10.0 Å². The molecule has 0 aromatic heterocycles. The molecule has 104 valence electrons. The fourth-order valence-corrected chi connectivity index (χ4v) is 2.08. The topological polar surface area (TPSA) is 87.7 Å². The van der Waals surface area contributed by atoms with Crippen molar-refractivity contribution in [2.24, 2.45) is 16.8 Å². The van der Waals surface area contributed by atoms with Crippen molar-refractivity contribution in [1.29, 1.82) is 0 Å². The molecule has 4 N–H and O–H groups in total. The van der Waals surface area contributed by atoms with Crippen LogP contribution in [-0.2, 0) is 4.79 Å². The quantitative estimate of drug-likeness (QED) is 0.336. The van der Waals surface area contributed by atoms with Crippen LogP contribution >= 0.6 is 15.9 Å². The van der Waals surface area contributed by atoms with Gasteiger partial charge in [0.2, 0.25) is 5.91 Å². The third kappa shape index (κ3) is 4.24. The molecular weight excluding hydrogens is 310 g/mol. The Morgan fingerprint density at radius 2 is 2.26 bits per heavy atom. The van der Waals surface area contributed by atoms with Crippen LogP contribution in [0.5, 0.6) is 0 Å². The Hall–Kier alpha value is -1.56. The molecule has 5 nitrogen and oxygen atoms in total. The first kappa shape index (κ1) is 15.5. The monoisotopic (exact) mass is 327 g/mol. The lowest BCUT2D eigenvalue weighted by Gasteiger charge is -2.16. The average Bonchev–Trinajstić information content (AvgIpc) is 2.39. The predicted octanol–water partition coefficient (Wildman–Crippen LogP) is 2.86. The number of amides is 1. The molecule has 1 amide bonds. The minimum atomic E-state index is -0.617. The van der Waals surface area contributed by atoms with Crippen LogP contribution in [0.2, 0.25) is 0 Å². The van der Waals surface area contributed by atoms with E-state index >= 15 is 0 Å². The third-order valence-corrected chi connectivity index (χ3v) is 3.32. The Labute approximate surface area is 121 Å². The van der Waals surface area contributed by atoms with Crippen LogP contribution in [0.25, 0.3) is 0 Å². The number of amidine groups is 1. The van der Waals surface area contributed by atoms with Gasteiger partial charge in [-0.2, -0.15) is 0 Å². The maximum Gasteiger partial charge on any atom is 0.235 e. The zero-order chi connectivity index (χ0) is 14.4. The molecule has 0 fully saturated rings. The van der Waals surface area contributed by atoms with Gasteiger partial charge in [-0.1, -0.05) is 40.5 Å². The molecule has 0 aliphatic rings. The average molecular weight is 328 g/mol. The van der Waals surface area contributed by atoms with Gasteiger partial charge in [-0.25, -0.2) is 0 Å². The molecule has 1 atom stereocenters. The van der Waals surface area contributed by atoms with Gasteiger partial charge in [-0.15, -0.1) is 0 Å². The summed E-state index contributed by atoms with van der Waals surface area (Å²) in [5.74, 6) is -0.946. The first-order chi connectivity index (χ1) is 8.99. The van der Waals surface area contributed by atoms with Crippen LogP contribution in [0.3, 0.4) is 0 Å². The number of anilines is 1. The molecule has 0 radical (unpaired) electrons. The number of hydrogen-bond acceptors (Lipinski definition) is 3. The Bertz CT molecular complexity index is 489. The van der Waals surface area contributed by atoms with Crippen LogP contribution in [0.15, 0.2) is 27.8 Å². The molecule has 1 aromatic rings. The maximum atomic E-state index is 12.2. The number of benzene rings is 1. The minimum Gasteiger partial charge on any atom is -0.409 e. The zero-order valence-electron chi connectivity index (χ0n) is 11.0. The molecule has 6 heteroatoms. The Morgan fingerprint density at radius 3 is 2.84 bits per heavy atom. The van der Waals surface area contributed by atoms with E-state index in [1.807, 2.05) is 32.0 Å². The molecule has 0 heterocycles. The molecule has 0 saturated heterocycles. The van der Waals surface area contributed by atoms with E-state index < -0.39 is 5.92 Å². The number of nitrogens with one attached hydrogen (secondary N) is 1. The van der Waals surface area contributed by atoms with Gasteiger partial charge >= 0.3 is 0 Å². The molecule has 0 aliphatic carbocycles. The van der Waals surface area contributed by atoms with Gasteiger partial charge < -0.3 is 16.3 Å². The minimum absolute atomic E-state index is 0.0630. The Morgan fingerprint density at radius 1 is 1.58 bits per heavy atom. The predicted molar refractivity (Wildman–Crippen MR) is 79.3 cm³/mol. The third-order valence-electron chi connectivity index (χ3n) is 2.82. The summed E-state index contributed by atoms with van der Waals surface area (Å²) in [5, 5.41) is 14.5. The standard InChI is InChI=1S/C13H18BrN3O2/c1-3-4-10(12(15)17-19)13(18)16-11-7-9(14)6-5-8(11)2/h5-7,10,19H,3-4H2,1-2H3,(H2,15,17)(H,16,18). The van der Waals surface area contributed by atoms with E-state index in [0.29, 0.717) is 12.1 Å². The fourth-order valence-electron chi connectivity index (χ4n) is 1.72. The summed E-state index contributed by atoms with van der Waals surface area (Å²) in [6.45, 7) is 3.84. The van der Waals surface area contributed by atoms with Gasteiger partial charge in [-0.05, 0) is 31.0 Å². The lowest BCUT2D eigenvalue weighted by Crippen LogP contribution is -2.34. The van der Waals surface area contributed by atoms with Crippen molar-refractivity contribution in [3.63, 3.8) is 0 Å². The van der Waals surface area contributed by atoms with E-state index in [0.717, 1.165) is 16.5 Å². The number of aryl methyl sites for hydroxylation is 1. The molecule has 1 unspecified atom stereocenters. The SMILES string of the molecule is CCCC(C(=O)Nc1cc(Br)ccc1C)C(N)=NO. The van der Waals surface area contributed by atoms with E-state index in [2.05, 4.69) is 26.4 Å². The number of oxime groups is 1. The molecule has 0 bridgehead atoms. The summed E-state index contributed by atoms with van der Waals surface area (Å²) in [5.41, 5.74) is 7.22. The highest BCUT2D eigenvalue weighted by molar-refractivity contribution is 9.10. The van der Waals surface area contributed by atoms with Crippen LogP contribution < -0.4 is 11.1 Å². The van der Waals surface area contributed by atoms with E-state index in [1.54, 1.807) is 0 Å². The first-order valence-electron chi connectivity index (χ1n) is 6.04. The van der Waals surface area contributed by atoms with Crippen LogP contribution in [0, 0.1) is 12.8 Å². The molecule has 19 heavy (non-hydrogen) atoms. The van der Waals surface area contributed by atoms with E-state index in [1.165, 1.54) is 0 Å². The zero-order valence-corrected chi connectivity index (χ0v) is 12.6. The fraction of sp³-hybridized carbons (Fsp3) is 0.385. The van der Waals surface area contributed by atoms with E-state index in [9.17, 15) is 4.79 Å². The van der Waals surface area contributed by atoms with Crippen LogP contribution in [0.4, 0.5) is 5.69 Å². The molecule has 0 saturated carbocycles. The molecule has 0 aliphatic heterocycles. The van der Waals surface area contributed by atoms with Crippen molar-refractivity contribution in [3.8, 4) is 0 Å². The van der Waals surface area contributed by atoms with Gasteiger partial charge in [0.25, 0.3) is 0 Å². The van der Waals surface area contributed by atoms with Gasteiger partial charge in [0.05, 0.1) is 5.92 Å². The molecule has 0 spiro atoms. The van der Waals surface area contributed by atoms with Crippen LogP contribution in [-0.4, -0.2) is 17.0 Å². The number of halogens is 1. The summed E-state index contributed by atoms with van der Waals surface area (Å²) in [6.07, 6.45) is 1.31. The lowest BCUT2D eigenvalue weighted by molar-refractivity contribution is -0.118. The second kappa shape index (κ2) is 7.13. The van der Waals surface area contributed by atoms with E-state index in [4.69, 9.17) is 10.9 Å². The second-order valence-electron chi connectivity index (χ2n) is 4.31. The van der Waals surface area contributed by atoms with Crippen molar-refractivity contribution in [3.05, 3.63) is 28.2 Å². The highest BCUT2D eigenvalue weighted by Gasteiger charge is 2.22. The number of nitrogens with two attached hydrogens (primary N) is 1. The van der Waals surface area contributed by atoms with Crippen LogP contribution in [0.1, 0.15) is 25.3 Å². The first-order valence-corrected chi connectivity index (χ1v) is 6.83. The van der Waals surface area contributed by atoms with Gasteiger partial charge in [0, 0.05) is 10.2 Å². The number of hydrogen-bond donors (Lipinski definition) is 3. The summed E-state index contributed by atoms with van der Waals surface area (Å²) in [4.78, 5) is 12.2. The highest BCUT2D eigenvalue weighted by atomic mass is 79.9. The maximum absolute atomic E-state index is 12.2. The number of carbonyl (C=O) groups is 1. The number of nitrogens with zero attached hydrogens (tertiary/aromatic N) is 1. The molecule has 1 rings (SSSR count). The Balaban J connectivity index is 2.90. The lowest BCUT2D eigenvalue weighted by atomic mass is 10.0. The largest absolute Gasteiger partial charge is 0.409 e. The summed E-state index contributed by atoms with van der Waals surface area (Å²) in [7, 11) is 0. The van der Waals surface area contributed by atoms with Crippen molar-refractivity contribution in [2.45, 2.75) is 26.7 Å².